The Morgan fingerprint density at radius 3 is 2.67 bits per heavy atom. The van der Waals surface area contributed by atoms with Crippen LogP contribution in [0.5, 0.6) is 0 Å². The molecule has 1 aromatic carbocycles. The number of fused-ring (bicyclic) bond motifs is 2. The molecule has 0 saturated carbocycles. The van der Waals surface area contributed by atoms with Crippen LogP contribution >= 0.6 is 11.3 Å². The van der Waals surface area contributed by atoms with E-state index >= 15 is 0 Å². The van der Waals surface area contributed by atoms with Crippen LogP contribution in [0.15, 0.2) is 35.2 Å². The Labute approximate surface area is 197 Å². The van der Waals surface area contributed by atoms with E-state index in [4.69, 9.17) is 4.74 Å². The minimum atomic E-state index is -3.25. The van der Waals surface area contributed by atoms with E-state index < -0.39 is 21.5 Å². The molecule has 0 bridgehead atoms. The summed E-state index contributed by atoms with van der Waals surface area (Å²) in [4.78, 5) is 27.6. The Morgan fingerprint density at radius 1 is 1.30 bits per heavy atom. The Kier molecular flexibility index (Phi) is 6.52. The van der Waals surface area contributed by atoms with E-state index in [0.29, 0.717) is 37.5 Å². The highest BCUT2D eigenvalue weighted by atomic mass is 32.2. The molecule has 0 aliphatic carbocycles. The van der Waals surface area contributed by atoms with E-state index in [0.717, 1.165) is 22.4 Å². The van der Waals surface area contributed by atoms with Crippen molar-refractivity contribution >= 4 is 33.2 Å². The predicted octanol–water partition coefficient (Wildman–Crippen LogP) is 3.26. The number of piperidine rings is 1. The fourth-order valence-electron chi connectivity index (χ4n) is 4.59. The highest BCUT2D eigenvalue weighted by molar-refractivity contribution is 7.91. The average Bonchev–Trinajstić information content (AvgIpc) is 3.25. The molecule has 1 aromatic heterocycles. The second kappa shape index (κ2) is 9.08. The Bertz CT molecular complexity index is 1160. The molecule has 3 heterocycles. The van der Waals surface area contributed by atoms with Crippen LogP contribution in [0.1, 0.15) is 45.9 Å². The molecule has 1 spiro atoms. The number of carbonyl (C=O) groups excluding carboxylic acids is 1. The molecule has 4 rings (SSSR count). The van der Waals surface area contributed by atoms with Gasteiger partial charge in [0, 0.05) is 30.4 Å². The molecule has 33 heavy (non-hydrogen) atoms. The molecular formula is C23H28N2O6S2. The number of hydrogen-bond acceptors (Lipinski definition) is 6. The smallest absolute Gasteiger partial charge is 0.407 e. The molecule has 2 N–H and O–H groups in total. The molecule has 2 unspecified atom stereocenters. The third-order valence-corrected chi connectivity index (χ3v) is 9.66. The number of carbonyl (C=O) groups is 2. The molecule has 2 amide bonds. The van der Waals surface area contributed by atoms with E-state index in [1.165, 1.54) is 16.2 Å². The van der Waals surface area contributed by atoms with Crippen molar-refractivity contribution in [3.05, 3.63) is 51.2 Å². The van der Waals surface area contributed by atoms with Crippen molar-refractivity contribution in [2.45, 2.75) is 43.7 Å². The van der Waals surface area contributed by atoms with Gasteiger partial charge < -0.3 is 20.1 Å². The normalized spacial score (nSPS) is 22.7. The molecule has 178 valence electrons. The van der Waals surface area contributed by atoms with Crippen LogP contribution in [0.3, 0.4) is 0 Å². The summed E-state index contributed by atoms with van der Waals surface area (Å²) in [5.41, 5.74) is 1.36. The lowest BCUT2D eigenvalue weighted by Crippen LogP contribution is -2.53. The summed E-state index contributed by atoms with van der Waals surface area (Å²) in [5.74, 6) is -0.163. The second-order valence-corrected chi connectivity index (χ2v) is 11.9. The summed E-state index contributed by atoms with van der Waals surface area (Å²) in [7, 11) is -3.25. The molecule has 1 fully saturated rings. The number of amides is 2. The summed E-state index contributed by atoms with van der Waals surface area (Å²) < 4.78 is 30.2. The fraction of sp³-hybridized carbons (Fsp3) is 0.478. The number of rotatable bonds is 5. The van der Waals surface area contributed by atoms with Gasteiger partial charge in [0.25, 0.3) is 5.91 Å². The lowest BCUT2D eigenvalue weighted by molar-refractivity contribution is -0.125. The summed E-state index contributed by atoms with van der Waals surface area (Å²) in [6.07, 6.45) is 0.380. The molecule has 10 heteroatoms. The van der Waals surface area contributed by atoms with Gasteiger partial charge in [0.1, 0.15) is 5.60 Å². The summed E-state index contributed by atoms with van der Waals surface area (Å²) >= 11 is 1.42. The maximum atomic E-state index is 12.9. The van der Waals surface area contributed by atoms with Crippen molar-refractivity contribution in [2.75, 3.05) is 25.4 Å². The lowest BCUT2D eigenvalue weighted by Gasteiger charge is -2.47. The van der Waals surface area contributed by atoms with Gasteiger partial charge in [0.05, 0.1) is 22.1 Å². The van der Waals surface area contributed by atoms with Crippen molar-refractivity contribution in [2.24, 2.45) is 5.92 Å². The first-order valence-corrected chi connectivity index (χ1v) is 13.5. The number of nitrogens with zero attached hydrogens (tertiary/aromatic N) is 1. The third-order valence-electron chi connectivity index (χ3n) is 6.58. The van der Waals surface area contributed by atoms with Crippen molar-refractivity contribution in [1.82, 2.24) is 10.2 Å². The maximum Gasteiger partial charge on any atom is 0.407 e. The van der Waals surface area contributed by atoms with Gasteiger partial charge in [0.2, 0.25) is 0 Å². The van der Waals surface area contributed by atoms with E-state index in [-0.39, 0.29) is 22.5 Å². The van der Waals surface area contributed by atoms with E-state index in [2.05, 4.69) is 5.32 Å². The average molecular weight is 493 g/mol. The monoisotopic (exact) mass is 492 g/mol. The molecule has 8 nitrogen and oxygen atoms in total. The van der Waals surface area contributed by atoms with E-state index in [9.17, 15) is 23.1 Å². The number of benzene rings is 1. The van der Waals surface area contributed by atoms with Crippen LogP contribution in [-0.4, -0.2) is 55.9 Å². The predicted molar refractivity (Wildman–Crippen MR) is 124 cm³/mol. The number of carboxylic acid groups (broad SMARTS) is 1. The molecular weight excluding hydrogens is 464 g/mol. The SMILES string of the molecule is CCS(=O)(=O)c1ccc(CNC(=O)c2cc3c(s2)C2(CCN(C(=O)O)CC2C)OCC3)cc1. The van der Waals surface area contributed by atoms with Crippen LogP contribution in [0.4, 0.5) is 4.79 Å². The summed E-state index contributed by atoms with van der Waals surface area (Å²) in [6.45, 7) is 5.26. The number of hydrogen-bond donors (Lipinski definition) is 2. The Balaban J connectivity index is 1.47. The molecule has 1 saturated heterocycles. The standard InChI is InChI=1S/C23H28N2O6S2/c1-3-33(29,30)18-6-4-16(5-7-18)13-24-21(26)19-12-17-8-11-31-23(20(17)32-19)9-10-25(22(27)28)14-15(23)2/h4-7,12,15H,3,8-11,13-14H2,1-2H3,(H,24,26)(H,27,28). The molecule has 2 atom stereocenters. The van der Waals surface area contributed by atoms with Gasteiger partial charge in [0.15, 0.2) is 9.84 Å². The Hall–Kier alpha value is -2.43. The van der Waals surface area contributed by atoms with Crippen molar-refractivity contribution in [3.8, 4) is 0 Å². The zero-order valence-electron chi connectivity index (χ0n) is 18.7. The van der Waals surface area contributed by atoms with Gasteiger partial charge in [-0.25, -0.2) is 13.2 Å². The van der Waals surface area contributed by atoms with Gasteiger partial charge in [-0.2, -0.15) is 0 Å². The third kappa shape index (κ3) is 4.51. The zero-order valence-corrected chi connectivity index (χ0v) is 20.3. The highest BCUT2D eigenvalue weighted by Gasteiger charge is 2.48. The minimum absolute atomic E-state index is 0.0196. The molecule has 2 aliphatic rings. The van der Waals surface area contributed by atoms with Crippen LogP contribution in [0, 0.1) is 5.92 Å². The van der Waals surface area contributed by atoms with Gasteiger partial charge in [-0.05, 0) is 42.2 Å². The fourth-order valence-corrected chi connectivity index (χ4v) is 6.88. The lowest BCUT2D eigenvalue weighted by atomic mass is 9.78. The largest absolute Gasteiger partial charge is 0.465 e. The summed E-state index contributed by atoms with van der Waals surface area (Å²) in [6, 6.07) is 8.48. The van der Waals surface area contributed by atoms with Gasteiger partial charge in [-0.1, -0.05) is 26.0 Å². The van der Waals surface area contributed by atoms with Crippen LogP contribution in [-0.2, 0) is 33.1 Å². The number of ether oxygens (including phenoxy) is 1. The number of thiophene rings is 1. The van der Waals surface area contributed by atoms with Crippen LogP contribution in [0.25, 0.3) is 0 Å². The first-order valence-electron chi connectivity index (χ1n) is 11.0. The maximum absolute atomic E-state index is 12.9. The first kappa shape index (κ1) is 23.7. The first-order chi connectivity index (χ1) is 15.7. The van der Waals surface area contributed by atoms with Crippen molar-refractivity contribution in [1.29, 1.82) is 0 Å². The van der Waals surface area contributed by atoms with Gasteiger partial charge in [-0.15, -0.1) is 11.3 Å². The number of nitrogens with one attached hydrogen (secondary N) is 1. The zero-order chi connectivity index (χ0) is 23.8. The second-order valence-electron chi connectivity index (χ2n) is 8.56. The summed E-state index contributed by atoms with van der Waals surface area (Å²) in [5, 5.41) is 12.3. The molecule has 2 aliphatic heterocycles. The van der Waals surface area contributed by atoms with Crippen LogP contribution < -0.4 is 5.32 Å². The Morgan fingerprint density at radius 2 is 2.03 bits per heavy atom. The van der Waals surface area contributed by atoms with Crippen molar-refractivity contribution < 1.29 is 27.9 Å². The number of likely N-dealkylation sites (tertiary alicyclic amines) is 1. The van der Waals surface area contributed by atoms with E-state index in [1.54, 1.807) is 31.2 Å². The van der Waals surface area contributed by atoms with Crippen LogP contribution in [0.2, 0.25) is 0 Å². The number of sulfone groups is 1. The molecule has 0 radical (unpaired) electrons. The quantitative estimate of drug-likeness (QED) is 0.662. The topological polar surface area (TPSA) is 113 Å². The highest BCUT2D eigenvalue weighted by Crippen LogP contribution is 2.48. The van der Waals surface area contributed by atoms with Gasteiger partial charge in [-0.3, -0.25) is 4.79 Å². The minimum Gasteiger partial charge on any atom is -0.465 e. The molecule has 2 aromatic rings. The van der Waals surface area contributed by atoms with Gasteiger partial charge >= 0.3 is 6.09 Å². The van der Waals surface area contributed by atoms with E-state index in [1.807, 2.05) is 13.0 Å². The van der Waals surface area contributed by atoms with Crippen molar-refractivity contribution in [3.63, 3.8) is 0 Å².